The monoisotopic (exact) mass is 278 g/mol. The molecule has 8 aliphatic rings. The van der Waals surface area contributed by atoms with Crippen LogP contribution in [0.3, 0.4) is 0 Å². The van der Waals surface area contributed by atoms with Crippen LogP contribution in [-0.2, 0) is 14.3 Å². The van der Waals surface area contributed by atoms with Crippen molar-refractivity contribution in [3.8, 4) is 0 Å². The summed E-state index contributed by atoms with van der Waals surface area (Å²) < 4.78 is 11.4. The zero-order valence-corrected chi connectivity index (χ0v) is 11.1. The minimum atomic E-state index is -0.950. The molecule has 8 rings (SSSR count). The van der Waals surface area contributed by atoms with Crippen LogP contribution in [0.4, 0.5) is 0 Å². The highest BCUT2D eigenvalue weighted by Crippen LogP contribution is 2.70. The molecule has 4 saturated carbocycles. The predicted octanol–water partition coefficient (Wildman–Crippen LogP) is -0.368. The van der Waals surface area contributed by atoms with Gasteiger partial charge in [0.25, 0.3) is 0 Å². The number of ether oxygens (including phenoxy) is 2. The minimum Gasteiger partial charge on any atom is -0.386 e. The fourth-order valence-corrected chi connectivity index (χ4v) is 6.14. The molecule has 0 aromatic rings. The molecule has 5 nitrogen and oxygen atoms in total. The van der Waals surface area contributed by atoms with Gasteiger partial charge in [0.15, 0.2) is 0 Å². The third kappa shape index (κ3) is 0.988. The molecule has 8 bridgehead atoms. The topological polar surface area (TPSA) is 76.0 Å². The summed E-state index contributed by atoms with van der Waals surface area (Å²) in [6.45, 7) is 0. The van der Waals surface area contributed by atoms with Gasteiger partial charge in [-0.2, -0.15) is 0 Å². The van der Waals surface area contributed by atoms with E-state index in [1.54, 1.807) is 0 Å². The molecular weight excluding hydrogens is 260 g/mol. The summed E-state index contributed by atoms with van der Waals surface area (Å²) in [4.78, 5) is 12.4. The van der Waals surface area contributed by atoms with E-state index in [0.29, 0.717) is 11.8 Å². The Kier molecular flexibility index (Phi) is 1.59. The lowest BCUT2D eigenvalue weighted by Gasteiger charge is -2.29. The molecule has 0 aromatic carbocycles. The van der Waals surface area contributed by atoms with Gasteiger partial charge in [0, 0.05) is 24.7 Å². The van der Waals surface area contributed by atoms with Crippen LogP contribution in [0.1, 0.15) is 25.7 Å². The zero-order chi connectivity index (χ0) is 13.4. The second-order valence-corrected chi connectivity index (χ2v) is 7.90. The summed E-state index contributed by atoms with van der Waals surface area (Å²) in [6.07, 6.45) is 2.21. The Bertz CT molecular complexity index is 470. The zero-order valence-electron chi connectivity index (χ0n) is 11.1. The maximum Gasteiger partial charge on any atom is 0.138 e. The lowest BCUT2D eigenvalue weighted by molar-refractivity contribution is -0.134. The van der Waals surface area contributed by atoms with Crippen molar-refractivity contribution >= 4 is 5.78 Å². The van der Waals surface area contributed by atoms with Crippen molar-refractivity contribution in [1.82, 2.24) is 0 Å². The van der Waals surface area contributed by atoms with Gasteiger partial charge in [0.05, 0.1) is 24.4 Å². The molecule has 8 fully saturated rings. The first-order chi connectivity index (χ1) is 9.52. The molecule has 0 spiro atoms. The molecule has 4 heterocycles. The third-order valence-electron chi connectivity index (χ3n) is 7.04. The largest absolute Gasteiger partial charge is 0.386 e. The summed E-state index contributed by atoms with van der Waals surface area (Å²) in [5, 5.41) is 21.5. The van der Waals surface area contributed by atoms with Gasteiger partial charge in [-0.05, 0) is 24.7 Å². The average molecular weight is 278 g/mol. The smallest absolute Gasteiger partial charge is 0.138 e. The molecular formula is C15H18O5. The second kappa shape index (κ2) is 2.86. The highest BCUT2D eigenvalue weighted by Gasteiger charge is 2.79. The van der Waals surface area contributed by atoms with E-state index in [1.807, 2.05) is 0 Å². The van der Waals surface area contributed by atoms with Crippen LogP contribution in [-0.4, -0.2) is 51.6 Å². The first-order valence-electron chi connectivity index (χ1n) is 7.80. The quantitative estimate of drug-likeness (QED) is 0.734. The Morgan fingerprint density at radius 1 is 0.950 bits per heavy atom. The van der Waals surface area contributed by atoms with E-state index >= 15 is 0 Å². The van der Waals surface area contributed by atoms with Crippen molar-refractivity contribution < 1.29 is 24.5 Å². The number of carbonyl (C=O) groups excluding carboxylic acids is 1. The van der Waals surface area contributed by atoms with Gasteiger partial charge < -0.3 is 19.7 Å². The van der Waals surface area contributed by atoms with E-state index in [4.69, 9.17) is 9.47 Å². The maximum absolute atomic E-state index is 12.4. The normalized spacial score (nSPS) is 69.7. The summed E-state index contributed by atoms with van der Waals surface area (Å²) in [5.74, 6) is 1.28. The van der Waals surface area contributed by atoms with E-state index < -0.39 is 11.2 Å². The molecule has 0 radical (unpaired) electrons. The number of ketones is 1. The first kappa shape index (κ1) is 11.1. The summed E-state index contributed by atoms with van der Waals surface area (Å²) in [6, 6.07) is 0. The average Bonchev–Trinajstić information content (AvgIpc) is 2.83. The van der Waals surface area contributed by atoms with Crippen LogP contribution in [0.25, 0.3) is 0 Å². The van der Waals surface area contributed by atoms with Crippen molar-refractivity contribution in [3.05, 3.63) is 0 Å². The third-order valence-corrected chi connectivity index (χ3v) is 7.04. The molecule has 0 aromatic heterocycles. The van der Waals surface area contributed by atoms with Gasteiger partial charge in [0.2, 0.25) is 0 Å². The SMILES string of the molecule is O=C(C[C@]1(O)C2C3C[C@H]1O[C@@H]32)C[C@]1(O)C2C3C[C@H]1O[C@@H]32. The highest BCUT2D eigenvalue weighted by atomic mass is 16.5. The van der Waals surface area contributed by atoms with Crippen LogP contribution in [0.15, 0.2) is 0 Å². The van der Waals surface area contributed by atoms with Crippen LogP contribution in [0.5, 0.6) is 0 Å². The van der Waals surface area contributed by atoms with Crippen LogP contribution in [0.2, 0.25) is 0 Å². The Labute approximate surface area is 116 Å². The maximum atomic E-state index is 12.4. The van der Waals surface area contributed by atoms with Crippen LogP contribution in [0, 0.1) is 23.7 Å². The number of rotatable bonds is 4. The van der Waals surface area contributed by atoms with Gasteiger partial charge in [-0.1, -0.05) is 0 Å². The molecule has 5 heteroatoms. The van der Waals surface area contributed by atoms with Crippen molar-refractivity contribution in [3.63, 3.8) is 0 Å². The van der Waals surface area contributed by atoms with E-state index in [0.717, 1.165) is 12.8 Å². The number of hydrogen-bond donors (Lipinski definition) is 2. The molecule has 0 amide bonds. The molecule has 4 saturated heterocycles. The van der Waals surface area contributed by atoms with Gasteiger partial charge in [0.1, 0.15) is 17.0 Å². The molecule has 4 aliphatic carbocycles. The van der Waals surface area contributed by atoms with E-state index in [9.17, 15) is 15.0 Å². The highest BCUT2D eigenvalue weighted by molar-refractivity contribution is 5.81. The molecule has 2 N–H and O–H groups in total. The van der Waals surface area contributed by atoms with Crippen LogP contribution < -0.4 is 0 Å². The van der Waals surface area contributed by atoms with Gasteiger partial charge >= 0.3 is 0 Å². The number of aliphatic hydroxyl groups is 2. The fraction of sp³-hybridized carbons (Fsp3) is 0.933. The Balaban J connectivity index is 1.21. The predicted molar refractivity (Wildman–Crippen MR) is 64.7 cm³/mol. The lowest BCUT2D eigenvalue weighted by Crippen LogP contribution is -2.44. The van der Waals surface area contributed by atoms with Gasteiger partial charge in [-0.25, -0.2) is 0 Å². The van der Waals surface area contributed by atoms with Gasteiger partial charge in [-0.3, -0.25) is 4.79 Å². The van der Waals surface area contributed by atoms with E-state index in [-0.39, 0.29) is 54.9 Å². The van der Waals surface area contributed by atoms with Crippen molar-refractivity contribution in [2.45, 2.75) is 61.3 Å². The fourth-order valence-electron chi connectivity index (χ4n) is 6.14. The Morgan fingerprint density at radius 2 is 1.40 bits per heavy atom. The molecule has 4 aliphatic heterocycles. The van der Waals surface area contributed by atoms with E-state index in [1.165, 1.54) is 0 Å². The lowest BCUT2D eigenvalue weighted by atomic mass is 9.84. The van der Waals surface area contributed by atoms with E-state index in [2.05, 4.69) is 0 Å². The van der Waals surface area contributed by atoms with Crippen molar-refractivity contribution in [2.24, 2.45) is 23.7 Å². The standard InChI is InChI=1S/C15H18O5/c16-5(3-14(17)8-1-6-10(14)12(6)19-8)4-15(18)9-2-7-11(15)13(7)20-9/h6-13,17-18H,1-4H2/t6?,7?,8-,9-,10?,11?,12+,13+,14-,15-/m1/s1. The summed E-state index contributed by atoms with van der Waals surface area (Å²) in [5.41, 5.74) is -1.90. The number of hydrogen-bond acceptors (Lipinski definition) is 5. The number of carbonyl (C=O) groups is 1. The first-order valence-corrected chi connectivity index (χ1v) is 7.80. The van der Waals surface area contributed by atoms with Crippen molar-refractivity contribution in [2.75, 3.05) is 0 Å². The minimum absolute atomic E-state index is 0.0291. The molecule has 108 valence electrons. The molecule has 10 atom stereocenters. The summed E-state index contributed by atoms with van der Waals surface area (Å²) in [7, 11) is 0. The van der Waals surface area contributed by atoms with Gasteiger partial charge in [-0.15, -0.1) is 0 Å². The molecule has 4 unspecified atom stereocenters. The second-order valence-electron chi connectivity index (χ2n) is 7.90. The van der Waals surface area contributed by atoms with Crippen molar-refractivity contribution in [1.29, 1.82) is 0 Å². The molecule has 20 heavy (non-hydrogen) atoms. The Hall–Kier alpha value is -0.490. The summed E-state index contributed by atoms with van der Waals surface area (Å²) >= 11 is 0. The number of Topliss-reactive ketones (excluding diaryl/α,β-unsaturated/α-hetero) is 1. The van der Waals surface area contributed by atoms with Crippen LogP contribution >= 0.6 is 0 Å². The Morgan fingerprint density at radius 3 is 1.65 bits per heavy atom.